The highest BCUT2D eigenvalue weighted by atomic mass is 16.5. The van der Waals surface area contributed by atoms with E-state index in [1.54, 1.807) is 0 Å². The van der Waals surface area contributed by atoms with E-state index < -0.39 is 0 Å². The van der Waals surface area contributed by atoms with Gasteiger partial charge < -0.3 is 9.47 Å². The Morgan fingerprint density at radius 1 is 0.528 bits per heavy atom. The smallest absolute Gasteiger partial charge is 0.309 e. The summed E-state index contributed by atoms with van der Waals surface area (Å²) < 4.78 is 10.8. The molecule has 0 aliphatic rings. The molecular formula is C32H62O4. The molecule has 0 aliphatic heterocycles. The minimum Gasteiger partial charge on any atom is -0.466 e. The van der Waals surface area contributed by atoms with Gasteiger partial charge in [0, 0.05) is 6.42 Å². The van der Waals surface area contributed by atoms with Crippen LogP contribution in [0.25, 0.3) is 0 Å². The standard InChI is InChI=1S/C32H62O4/c1-5-7-9-23-27-35-31(33)26-22-20-18-16-14-12-11-13-15-17-19-21-25-30(29(3)4)32(34)36-28-24-10-8-6-2/h29-30H,5-28H2,1-4H3. The van der Waals surface area contributed by atoms with Crippen LogP contribution < -0.4 is 0 Å². The highest BCUT2D eigenvalue weighted by molar-refractivity contribution is 5.72. The van der Waals surface area contributed by atoms with Gasteiger partial charge in [0.2, 0.25) is 0 Å². The molecule has 1 atom stereocenters. The Bertz CT molecular complexity index is 489. The van der Waals surface area contributed by atoms with Crippen molar-refractivity contribution < 1.29 is 19.1 Å². The first-order chi connectivity index (χ1) is 17.5. The Balaban J connectivity index is 3.48. The van der Waals surface area contributed by atoms with Crippen molar-refractivity contribution >= 4 is 11.9 Å². The Morgan fingerprint density at radius 2 is 0.944 bits per heavy atom. The number of carbonyl (C=O) groups is 2. The van der Waals surface area contributed by atoms with E-state index in [9.17, 15) is 9.59 Å². The molecule has 0 rings (SSSR count). The fourth-order valence-electron chi connectivity index (χ4n) is 4.72. The van der Waals surface area contributed by atoms with Gasteiger partial charge in [-0.15, -0.1) is 0 Å². The van der Waals surface area contributed by atoms with E-state index in [0.29, 0.717) is 25.6 Å². The van der Waals surface area contributed by atoms with Gasteiger partial charge in [-0.25, -0.2) is 0 Å². The van der Waals surface area contributed by atoms with Gasteiger partial charge in [-0.05, 0) is 31.6 Å². The van der Waals surface area contributed by atoms with Crippen LogP contribution in [-0.4, -0.2) is 25.2 Å². The van der Waals surface area contributed by atoms with Crippen molar-refractivity contribution in [1.29, 1.82) is 0 Å². The minimum absolute atomic E-state index is 0.0102. The molecule has 0 aromatic rings. The molecule has 0 saturated heterocycles. The molecule has 0 heterocycles. The number of unbranched alkanes of at least 4 members (excludes halogenated alkanes) is 17. The molecule has 0 N–H and O–H groups in total. The Kier molecular flexibility index (Phi) is 26.2. The summed E-state index contributed by atoms with van der Waals surface area (Å²) >= 11 is 0. The lowest BCUT2D eigenvalue weighted by Crippen LogP contribution is -2.23. The summed E-state index contributed by atoms with van der Waals surface area (Å²) in [6.07, 6.45) is 25.7. The highest BCUT2D eigenvalue weighted by Gasteiger charge is 2.23. The number of esters is 2. The summed E-state index contributed by atoms with van der Waals surface area (Å²) in [7, 11) is 0. The SMILES string of the molecule is CCCCCCOC(=O)CCCCCCCCCCCCCCC(C(=O)OCCCCCC)C(C)C. The molecule has 0 aromatic heterocycles. The number of ether oxygens (including phenoxy) is 2. The molecule has 0 fully saturated rings. The molecule has 4 heteroatoms. The van der Waals surface area contributed by atoms with E-state index in [0.717, 1.165) is 44.9 Å². The average molecular weight is 511 g/mol. The molecule has 0 aromatic carbocycles. The summed E-state index contributed by atoms with van der Waals surface area (Å²) in [5.41, 5.74) is 0. The lowest BCUT2D eigenvalue weighted by Gasteiger charge is -2.19. The second-order valence-electron chi connectivity index (χ2n) is 11.1. The second-order valence-corrected chi connectivity index (χ2v) is 11.1. The van der Waals surface area contributed by atoms with Crippen molar-refractivity contribution in [2.75, 3.05) is 13.2 Å². The maximum absolute atomic E-state index is 12.4. The van der Waals surface area contributed by atoms with Crippen molar-refractivity contribution in [3.63, 3.8) is 0 Å². The number of rotatable bonds is 27. The van der Waals surface area contributed by atoms with Gasteiger partial charge in [0.25, 0.3) is 0 Å². The first kappa shape index (κ1) is 34.9. The summed E-state index contributed by atoms with van der Waals surface area (Å²) in [5.74, 6) is 0.447. The van der Waals surface area contributed by atoms with E-state index in [4.69, 9.17) is 9.47 Å². The molecule has 0 saturated carbocycles. The first-order valence-corrected chi connectivity index (χ1v) is 15.8. The predicted octanol–water partition coefficient (Wildman–Crippen LogP) is 9.97. The Labute approximate surface area is 225 Å². The van der Waals surface area contributed by atoms with E-state index in [1.807, 2.05) is 0 Å². The predicted molar refractivity (Wildman–Crippen MR) is 153 cm³/mol. The lowest BCUT2D eigenvalue weighted by molar-refractivity contribution is -0.150. The minimum atomic E-state index is -0.0102. The zero-order valence-corrected chi connectivity index (χ0v) is 24.8. The van der Waals surface area contributed by atoms with Crippen LogP contribution in [0.1, 0.15) is 169 Å². The van der Waals surface area contributed by atoms with Gasteiger partial charge >= 0.3 is 11.9 Å². The van der Waals surface area contributed by atoms with E-state index >= 15 is 0 Å². The quantitative estimate of drug-likeness (QED) is 0.0814. The third-order valence-corrected chi connectivity index (χ3v) is 7.26. The molecule has 0 amide bonds. The molecule has 214 valence electrons. The van der Waals surface area contributed by atoms with Gasteiger partial charge in [-0.2, -0.15) is 0 Å². The van der Waals surface area contributed by atoms with Crippen molar-refractivity contribution in [2.45, 2.75) is 169 Å². The van der Waals surface area contributed by atoms with E-state index in [1.165, 1.54) is 89.9 Å². The summed E-state index contributed by atoms with van der Waals surface area (Å²) in [5, 5.41) is 0. The second kappa shape index (κ2) is 27.0. The monoisotopic (exact) mass is 510 g/mol. The van der Waals surface area contributed by atoms with Crippen molar-refractivity contribution in [1.82, 2.24) is 0 Å². The fraction of sp³-hybridized carbons (Fsp3) is 0.938. The summed E-state index contributed by atoms with van der Waals surface area (Å²) in [6, 6.07) is 0. The normalized spacial score (nSPS) is 12.1. The Morgan fingerprint density at radius 3 is 1.42 bits per heavy atom. The van der Waals surface area contributed by atoms with Crippen LogP contribution in [0.4, 0.5) is 0 Å². The third kappa shape index (κ3) is 23.3. The van der Waals surface area contributed by atoms with Gasteiger partial charge in [-0.1, -0.05) is 137 Å². The highest BCUT2D eigenvalue weighted by Crippen LogP contribution is 2.22. The maximum atomic E-state index is 12.4. The molecular weight excluding hydrogens is 448 g/mol. The van der Waals surface area contributed by atoms with Crippen LogP contribution in [0.3, 0.4) is 0 Å². The van der Waals surface area contributed by atoms with Gasteiger partial charge in [0.15, 0.2) is 0 Å². The number of hydrogen-bond donors (Lipinski definition) is 0. The maximum Gasteiger partial charge on any atom is 0.309 e. The zero-order valence-electron chi connectivity index (χ0n) is 24.8. The van der Waals surface area contributed by atoms with Crippen LogP contribution in [-0.2, 0) is 19.1 Å². The van der Waals surface area contributed by atoms with Crippen LogP contribution in [0, 0.1) is 11.8 Å². The molecule has 0 spiro atoms. The van der Waals surface area contributed by atoms with Gasteiger partial charge in [0.1, 0.15) is 0 Å². The van der Waals surface area contributed by atoms with Crippen LogP contribution in [0.15, 0.2) is 0 Å². The first-order valence-electron chi connectivity index (χ1n) is 15.8. The molecule has 4 nitrogen and oxygen atoms in total. The largest absolute Gasteiger partial charge is 0.466 e. The van der Waals surface area contributed by atoms with Gasteiger partial charge in [0.05, 0.1) is 19.1 Å². The topological polar surface area (TPSA) is 52.6 Å². The summed E-state index contributed by atoms with van der Waals surface area (Å²) in [4.78, 5) is 24.1. The summed E-state index contributed by atoms with van der Waals surface area (Å²) in [6.45, 7) is 9.88. The zero-order chi connectivity index (χ0) is 26.7. The number of carbonyl (C=O) groups excluding carboxylic acids is 2. The Hall–Kier alpha value is -1.06. The third-order valence-electron chi connectivity index (χ3n) is 7.26. The molecule has 0 bridgehead atoms. The van der Waals surface area contributed by atoms with Crippen LogP contribution in [0.2, 0.25) is 0 Å². The molecule has 0 aliphatic carbocycles. The van der Waals surface area contributed by atoms with E-state index in [-0.39, 0.29) is 17.9 Å². The number of hydrogen-bond acceptors (Lipinski definition) is 4. The van der Waals surface area contributed by atoms with Crippen LogP contribution in [0.5, 0.6) is 0 Å². The van der Waals surface area contributed by atoms with Gasteiger partial charge in [-0.3, -0.25) is 9.59 Å². The van der Waals surface area contributed by atoms with Crippen molar-refractivity contribution in [3.05, 3.63) is 0 Å². The van der Waals surface area contributed by atoms with Crippen molar-refractivity contribution in [2.24, 2.45) is 11.8 Å². The molecule has 0 radical (unpaired) electrons. The van der Waals surface area contributed by atoms with E-state index in [2.05, 4.69) is 27.7 Å². The average Bonchev–Trinajstić information content (AvgIpc) is 2.85. The fourth-order valence-corrected chi connectivity index (χ4v) is 4.72. The van der Waals surface area contributed by atoms with Crippen molar-refractivity contribution in [3.8, 4) is 0 Å². The molecule has 36 heavy (non-hydrogen) atoms. The molecule has 1 unspecified atom stereocenters. The van der Waals surface area contributed by atoms with Crippen LogP contribution >= 0.6 is 0 Å². The lowest BCUT2D eigenvalue weighted by atomic mass is 9.90.